The molecular weight excluding hydrogens is 507 g/mol. The Morgan fingerprint density at radius 3 is 1.95 bits per heavy atom. The zero-order chi connectivity index (χ0) is 30.1. The fourth-order valence-corrected chi connectivity index (χ4v) is 3.92. The molecule has 0 spiro atoms. The molecule has 0 unspecified atom stereocenters. The Morgan fingerprint density at radius 2 is 1.50 bits per heavy atom. The molecule has 6 heteroatoms. The molecule has 0 aliphatic carbocycles. The van der Waals surface area contributed by atoms with Gasteiger partial charge in [-0.15, -0.1) is 0 Å². The Morgan fingerprint density at radius 1 is 0.925 bits per heavy atom. The summed E-state index contributed by atoms with van der Waals surface area (Å²) in [7, 11) is 0. The first kappa shape index (κ1) is 34.5. The highest BCUT2D eigenvalue weighted by molar-refractivity contribution is 5.55. The van der Waals surface area contributed by atoms with Crippen LogP contribution in [0.4, 0.5) is 24.5 Å². The summed E-state index contributed by atoms with van der Waals surface area (Å²) in [5.74, 6) is 0. The Hall–Kier alpha value is -3.51. The zero-order valence-electron chi connectivity index (χ0n) is 24.7. The summed E-state index contributed by atoms with van der Waals surface area (Å²) in [6, 6.07) is 14.6. The fraction of sp³-hybridized carbons (Fsp3) is 0.353. The monoisotopic (exact) mass is 553 g/mol. The van der Waals surface area contributed by atoms with Gasteiger partial charge in [-0.1, -0.05) is 74.2 Å². The minimum atomic E-state index is -4.22. The van der Waals surface area contributed by atoms with Gasteiger partial charge in [0.1, 0.15) is 0 Å². The van der Waals surface area contributed by atoms with Crippen molar-refractivity contribution in [2.45, 2.75) is 66.1 Å². The molecule has 0 amide bonds. The van der Waals surface area contributed by atoms with Crippen molar-refractivity contribution in [2.24, 2.45) is 0 Å². The van der Waals surface area contributed by atoms with Crippen LogP contribution in [0.5, 0.6) is 0 Å². The molecule has 2 aromatic carbocycles. The number of rotatable bonds is 8. The van der Waals surface area contributed by atoms with Gasteiger partial charge >= 0.3 is 6.18 Å². The standard InChI is InChI=1S/C14H21N3.C11H16.C9H9F3/c1-11(2)16-12-3-5-13(6-4-12)17-14-7-9-15-10-8-14;1-6-11(10(4)5)8-7-9(2)3;1-2-7-5-3-4-6-8(7)9(10,11)12/h3-6,14-17H,1,7-10H2,2H3;6-8H,2,4H2,1,3,5H3;3-6H,2H2,1H3/b;8-7-,11-6-;. The molecular formula is C34H46F3N3. The van der Waals surface area contributed by atoms with E-state index in [0.717, 1.165) is 41.7 Å². The molecule has 2 aromatic rings. The number of anilines is 2. The highest BCUT2D eigenvalue weighted by Gasteiger charge is 2.32. The van der Waals surface area contributed by atoms with Crippen molar-refractivity contribution >= 4 is 11.4 Å². The highest BCUT2D eigenvalue weighted by atomic mass is 19.4. The van der Waals surface area contributed by atoms with Crippen LogP contribution in [0, 0.1) is 0 Å². The molecule has 0 atom stereocenters. The SMILES string of the molecule is C=C(C)/C=C\C(=C\C)C(=C)C.C=C(C)Nc1ccc(NC2CCNCC2)cc1.CCc1ccccc1C(F)(F)F. The van der Waals surface area contributed by atoms with E-state index >= 15 is 0 Å². The number of hydrogen-bond acceptors (Lipinski definition) is 3. The lowest BCUT2D eigenvalue weighted by Crippen LogP contribution is -2.35. The largest absolute Gasteiger partial charge is 0.416 e. The Bertz CT molecular complexity index is 1140. The molecule has 1 heterocycles. The van der Waals surface area contributed by atoms with Crippen LogP contribution >= 0.6 is 0 Å². The van der Waals surface area contributed by atoms with Crippen LogP contribution < -0.4 is 16.0 Å². The Labute approximate surface area is 239 Å². The molecule has 0 saturated carbocycles. The highest BCUT2D eigenvalue weighted by Crippen LogP contribution is 2.31. The third-order valence-electron chi connectivity index (χ3n) is 6.01. The van der Waals surface area contributed by atoms with E-state index in [1.807, 2.05) is 45.9 Å². The molecule has 1 aliphatic heterocycles. The van der Waals surface area contributed by atoms with E-state index in [-0.39, 0.29) is 0 Å². The zero-order valence-corrected chi connectivity index (χ0v) is 24.7. The van der Waals surface area contributed by atoms with Crippen molar-refractivity contribution in [3.63, 3.8) is 0 Å². The molecule has 3 nitrogen and oxygen atoms in total. The second-order valence-electron chi connectivity index (χ2n) is 9.86. The Kier molecular flexibility index (Phi) is 15.5. The van der Waals surface area contributed by atoms with Crippen LogP contribution in [0.15, 0.2) is 109 Å². The van der Waals surface area contributed by atoms with E-state index in [1.165, 1.54) is 36.2 Å². The topological polar surface area (TPSA) is 36.1 Å². The summed E-state index contributed by atoms with van der Waals surface area (Å²) in [6.07, 6.45) is 4.66. The molecule has 0 bridgehead atoms. The molecule has 1 saturated heterocycles. The average Bonchev–Trinajstić information content (AvgIpc) is 2.90. The number of nitrogens with one attached hydrogen (secondary N) is 3. The second-order valence-corrected chi connectivity index (χ2v) is 9.86. The van der Waals surface area contributed by atoms with Crippen LogP contribution in [0.1, 0.15) is 58.6 Å². The lowest BCUT2D eigenvalue weighted by molar-refractivity contribution is -0.138. The maximum Gasteiger partial charge on any atom is 0.416 e. The van der Waals surface area contributed by atoms with E-state index in [2.05, 4.69) is 60.0 Å². The van der Waals surface area contributed by atoms with Gasteiger partial charge in [0, 0.05) is 23.1 Å². The number of allylic oxidation sites excluding steroid dienone is 7. The van der Waals surface area contributed by atoms with Gasteiger partial charge in [0.2, 0.25) is 0 Å². The van der Waals surface area contributed by atoms with E-state index in [9.17, 15) is 13.2 Å². The predicted octanol–water partition coefficient (Wildman–Crippen LogP) is 9.70. The number of benzene rings is 2. The van der Waals surface area contributed by atoms with Gasteiger partial charge in [-0.2, -0.15) is 13.2 Å². The van der Waals surface area contributed by atoms with Crippen LogP contribution in [0.25, 0.3) is 0 Å². The van der Waals surface area contributed by atoms with Crippen molar-refractivity contribution in [2.75, 3.05) is 23.7 Å². The lowest BCUT2D eigenvalue weighted by atomic mass is 10.1. The Balaban J connectivity index is 0.000000311. The number of piperidine rings is 1. The van der Waals surface area contributed by atoms with E-state index in [4.69, 9.17) is 0 Å². The van der Waals surface area contributed by atoms with Crippen molar-refractivity contribution < 1.29 is 13.2 Å². The first-order valence-electron chi connectivity index (χ1n) is 13.7. The molecule has 1 fully saturated rings. The smallest absolute Gasteiger partial charge is 0.382 e. The second kappa shape index (κ2) is 18.0. The third-order valence-corrected chi connectivity index (χ3v) is 6.01. The normalized spacial score (nSPS) is 13.8. The molecule has 3 N–H and O–H groups in total. The summed E-state index contributed by atoms with van der Waals surface area (Å²) in [4.78, 5) is 0. The van der Waals surface area contributed by atoms with Gasteiger partial charge < -0.3 is 16.0 Å². The summed E-state index contributed by atoms with van der Waals surface area (Å²) >= 11 is 0. The molecule has 218 valence electrons. The van der Waals surface area contributed by atoms with Crippen molar-refractivity contribution in [1.29, 1.82) is 0 Å². The average molecular weight is 554 g/mol. The summed E-state index contributed by atoms with van der Waals surface area (Å²) < 4.78 is 36.7. The maximum absolute atomic E-state index is 12.2. The fourth-order valence-electron chi connectivity index (χ4n) is 3.92. The summed E-state index contributed by atoms with van der Waals surface area (Å²) in [5, 5.41) is 10.1. The van der Waals surface area contributed by atoms with Crippen LogP contribution in [-0.2, 0) is 12.6 Å². The van der Waals surface area contributed by atoms with Crippen molar-refractivity contribution in [3.8, 4) is 0 Å². The van der Waals surface area contributed by atoms with Gasteiger partial charge in [-0.05, 0) is 102 Å². The number of halogens is 3. The molecule has 1 aliphatic rings. The van der Waals surface area contributed by atoms with Crippen LogP contribution in [-0.4, -0.2) is 19.1 Å². The van der Waals surface area contributed by atoms with Crippen LogP contribution in [0.3, 0.4) is 0 Å². The third kappa shape index (κ3) is 14.0. The minimum Gasteiger partial charge on any atom is -0.382 e. The number of alkyl halides is 3. The first-order valence-corrected chi connectivity index (χ1v) is 13.7. The van der Waals surface area contributed by atoms with E-state index in [1.54, 1.807) is 13.0 Å². The van der Waals surface area contributed by atoms with Gasteiger partial charge in [-0.25, -0.2) is 0 Å². The van der Waals surface area contributed by atoms with Gasteiger partial charge in [0.05, 0.1) is 5.56 Å². The molecule has 40 heavy (non-hydrogen) atoms. The maximum atomic E-state index is 12.2. The quantitative estimate of drug-likeness (QED) is 0.285. The van der Waals surface area contributed by atoms with Crippen molar-refractivity contribution in [3.05, 3.63) is 120 Å². The van der Waals surface area contributed by atoms with Gasteiger partial charge in [0.25, 0.3) is 0 Å². The minimum absolute atomic E-state index is 0.352. The lowest BCUT2D eigenvalue weighted by Gasteiger charge is -2.24. The van der Waals surface area contributed by atoms with E-state index < -0.39 is 11.7 Å². The molecule has 0 radical (unpaired) electrons. The first-order chi connectivity index (χ1) is 18.9. The number of hydrogen-bond donors (Lipinski definition) is 3. The molecule has 0 aromatic heterocycles. The van der Waals surface area contributed by atoms with Crippen LogP contribution in [0.2, 0.25) is 0 Å². The van der Waals surface area contributed by atoms with Crippen molar-refractivity contribution in [1.82, 2.24) is 5.32 Å². The predicted molar refractivity (Wildman–Crippen MR) is 168 cm³/mol. The molecule has 3 rings (SSSR count). The summed E-state index contributed by atoms with van der Waals surface area (Å²) in [5.41, 5.74) is 6.41. The van der Waals surface area contributed by atoms with Gasteiger partial charge in [0.15, 0.2) is 0 Å². The van der Waals surface area contributed by atoms with Gasteiger partial charge in [-0.3, -0.25) is 0 Å². The number of aryl methyl sites for hydroxylation is 1. The summed E-state index contributed by atoms with van der Waals surface area (Å²) in [6.45, 7) is 23.4. The van der Waals surface area contributed by atoms with E-state index in [0.29, 0.717) is 18.0 Å².